The summed E-state index contributed by atoms with van der Waals surface area (Å²) >= 11 is 5.89. The fourth-order valence-corrected chi connectivity index (χ4v) is 2.48. The van der Waals surface area contributed by atoms with Gasteiger partial charge in [0, 0.05) is 17.5 Å². The van der Waals surface area contributed by atoms with Crippen LogP contribution in [0.1, 0.15) is 26.2 Å². The van der Waals surface area contributed by atoms with Gasteiger partial charge in [-0.3, -0.25) is 4.79 Å². The lowest BCUT2D eigenvalue weighted by Gasteiger charge is -2.16. The highest BCUT2D eigenvalue weighted by molar-refractivity contribution is 6.30. The number of halogens is 2. The first-order valence-corrected chi connectivity index (χ1v) is 7.43. The quantitative estimate of drug-likeness (QED) is 0.842. The summed E-state index contributed by atoms with van der Waals surface area (Å²) < 4.78 is 5.70. The highest BCUT2D eigenvalue weighted by Crippen LogP contribution is 2.18. The minimum absolute atomic E-state index is 0. The van der Waals surface area contributed by atoms with Crippen LogP contribution in [0.3, 0.4) is 0 Å². The van der Waals surface area contributed by atoms with E-state index in [1.165, 1.54) is 0 Å². The average molecular weight is 333 g/mol. The topological polar surface area (TPSA) is 50.4 Å². The van der Waals surface area contributed by atoms with Gasteiger partial charge < -0.3 is 15.4 Å². The summed E-state index contributed by atoms with van der Waals surface area (Å²) in [5.41, 5.74) is 0. The van der Waals surface area contributed by atoms with Gasteiger partial charge in [0.2, 0.25) is 5.91 Å². The van der Waals surface area contributed by atoms with Crippen molar-refractivity contribution in [2.75, 3.05) is 13.1 Å². The third-order valence-electron chi connectivity index (χ3n) is 3.31. The van der Waals surface area contributed by atoms with E-state index in [1.807, 2.05) is 19.1 Å². The van der Waals surface area contributed by atoms with Crippen LogP contribution in [0.25, 0.3) is 0 Å². The first-order valence-electron chi connectivity index (χ1n) is 7.06. The van der Waals surface area contributed by atoms with Crippen molar-refractivity contribution in [2.24, 2.45) is 0 Å². The smallest absolute Gasteiger partial charge is 0.221 e. The average Bonchev–Trinajstić information content (AvgIpc) is 2.89. The molecule has 0 spiro atoms. The van der Waals surface area contributed by atoms with Crippen molar-refractivity contribution in [1.82, 2.24) is 10.6 Å². The molecule has 1 fully saturated rings. The molecular weight excluding hydrogens is 311 g/mol. The van der Waals surface area contributed by atoms with Crippen molar-refractivity contribution >= 4 is 29.9 Å². The van der Waals surface area contributed by atoms with E-state index < -0.39 is 0 Å². The number of hydrogen-bond donors (Lipinski definition) is 2. The van der Waals surface area contributed by atoms with E-state index in [9.17, 15) is 4.79 Å². The van der Waals surface area contributed by atoms with Gasteiger partial charge in [-0.2, -0.15) is 0 Å². The summed E-state index contributed by atoms with van der Waals surface area (Å²) in [5.74, 6) is 0.794. The molecule has 0 aliphatic carbocycles. The zero-order chi connectivity index (χ0) is 14.4. The van der Waals surface area contributed by atoms with Gasteiger partial charge >= 0.3 is 0 Å². The van der Waals surface area contributed by atoms with Gasteiger partial charge in [0.25, 0.3) is 0 Å². The van der Waals surface area contributed by atoms with Crippen LogP contribution < -0.4 is 15.4 Å². The number of hydrogen-bond acceptors (Lipinski definition) is 3. The molecule has 0 aromatic heterocycles. The number of ether oxygens (including phenoxy) is 1. The lowest BCUT2D eigenvalue weighted by molar-refractivity contribution is -0.121. The molecule has 2 N–H and O–H groups in total. The molecule has 1 aromatic rings. The molecule has 0 saturated carbocycles. The third kappa shape index (κ3) is 6.55. The molecule has 1 heterocycles. The Balaban J connectivity index is 0.00000220. The molecule has 4 nitrogen and oxygen atoms in total. The second-order valence-electron chi connectivity index (χ2n) is 5.19. The van der Waals surface area contributed by atoms with Gasteiger partial charge in [0.05, 0.1) is 6.54 Å². The maximum absolute atomic E-state index is 11.8. The monoisotopic (exact) mass is 332 g/mol. The Bertz CT molecular complexity index is 451. The van der Waals surface area contributed by atoms with Crippen LogP contribution in [0.2, 0.25) is 5.02 Å². The molecule has 2 rings (SSSR count). The Labute approximate surface area is 137 Å². The number of carbonyl (C=O) groups is 1. The third-order valence-corrected chi connectivity index (χ3v) is 3.55. The number of benzene rings is 1. The van der Waals surface area contributed by atoms with Crippen molar-refractivity contribution in [1.29, 1.82) is 0 Å². The van der Waals surface area contributed by atoms with E-state index in [4.69, 9.17) is 16.3 Å². The summed E-state index contributed by atoms with van der Waals surface area (Å²) in [6.07, 6.45) is 2.70. The molecule has 6 heteroatoms. The van der Waals surface area contributed by atoms with Crippen molar-refractivity contribution in [3.05, 3.63) is 29.3 Å². The molecule has 1 aliphatic rings. The van der Waals surface area contributed by atoms with E-state index in [-0.39, 0.29) is 24.4 Å². The highest BCUT2D eigenvalue weighted by atomic mass is 35.5. The largest absolute Gasteiger partial charge is 0.489 e. The summed E-state index contributed by atoms with van der Waals surface area (Å²) in [4.78, 5) is 11.8. The van der Waals surface area contributed by atoms with Gasteiger partial charge in [-0.15, -0.1) is 12.4 Å². The fourth-order valence-electron chi connectivity index (χ4n) is 2.30. The highest BCUT2D eigenvalue weighted by Gasteiger charge is 2.17. The molecule has 21 heavy (non-hydrogen) atoms. The number of amides is 1. The van der Waals surface area contributed by atoms with E-state index >= 15 is 0 Å². The van der Waals surface area contributed by atoms with Crippen molar-refractivity contribution in [3.8, 4) is 5.75 Å². The molecule has 2 atom stereocenters. The van der Waals surface area contributed by atoms with Crippen LogP contribution in [0, 0.1) is 0 Å². The van der Waals surface area contributed by atoms with E-state index in [0.29, 0.717) is 24.0 Å². The number of carbonyl (C=O) groups excluding carboxylic acids is 1. The number of nitrogens with one attached hydrogen (secondary N) is 2. The molecule has 1 aromatic carbocycles. The lowest BCUT2D eigenvalue weighted by Crippen LogP contribution is -2.37. The predicted molar refractivity (Wildman–Crippen MR) is 87.4 cm³/mol. The Kier molecular flexibility index (Phi) is 7.86. The van der Waals surface area contributed by atoms with Gasteiger partial charge in [-0.05, 0) is 44.5 Å². The Morgan fingerprint density at radius 3 is 3.05 bits per heavy atom. The normalized spacial score (nSPS) is 18.7. The van der Waals surface area contributed by atoms with Crippen LogP contribution in [0.4, 0.5) is 0 Å². The zero-order valence-corrected chi connectivity index (χ0v) is 13.7. The molecule has 0 radical (unpaired) electrons. The second kappa shape index (κ2) is 9.13. The zero-order valence-electron chi connectivity index (χ0n) is 12.1. The molecule has 1 aliphatic heterocycles. The maximum Gasteiger partial charge on any atom is 0.221 e. The first-order chi connectivity index (χ1) is 9.63. The van der Waals surface area contributed by atoms with Crippen LogP contribution in [0.5, 0.6) is 5.75 Å². The minimum atomic E-state index is -0.0889. The van der Waals surface area contributed by atoms with Crippen LogP contribution in [-0.2, 0) is 4.79 Å². The van der Waals surface area contributed by atoms with Gasteiger partial charge in [0.15, 0.2) is 0 Å². The predicted octanol–water partition coefficient (Wildman–Crippen LogP) is 2.79. The Morgan fingerprint density at radius 2 is 2.38 bits per heavy atom. The molecule has 1 amide bonds. The number of rotatable bonds is 6. The maximum atomic E-state index is 11.8. The van der Waals surface area contributed by atoms with E-state index in [1.54, 1.807) is 12.1 Å². The van der Waals surface area contributed by atoms with Crippen molar-refractivity contribution in [2.45, 2.75) is 38.3 Å². The fraction of sp³-hybridized carbons (Fsp3) is 0.533. The standard InChI is InChI=1S/C15H21ClN2O2.ClH/c1-11(20-14-6-2-4-12(16)8-14)10-18-15(19)9-13-5-3-7-17-13;/h2,4,6,8,11,13,17H,3,5,7,9-10H2,1H3,(H,18,19);1H. The molecule has 1 saturated heterocycles. The Morgan fingerprint density at radius 1 is 1.57 bits per heavy atom. The van der Waals surface area contributed by atoms with Crippen molar-refractivity contribution < 1.29 is 9.53 Å². The summed E-state index contributed by atoms with van der Waals surface area (Å²) in [5, 5.41) is 6.87. The summed E-state index contributed by atoms with van der Waals surface area (Å²) in [6, 6.07) is 7.60. The summed E-state index contributed by atoms with van der Waals surface area (Å²) in [6.45, 7) is 3.44. The first kappa shape index (κ1) is 18.1. The molecule has 118 valence electrons. The van der Waals surface area contributed by atoms with Crippen molar-refractivity contribution in [3.63, 3.8) is 0 Å². The SMILES string of the molecule is CC(CNC(=O)CC1CCCN1)Oc1cccc(Cl)c1.Cl. The van der Waals surface area contributed by atoms with Gasteiger partial charge in [-0.25, -0.2) is 0 Å². The molecule has 2 unspecified atom stereocenters. The molecule has 0 bridgehead atoms. The van der Waals surface area contributed by atoms with E-state index in [0.717, 1.165) is 25.1 Å². The minimum Gasteiger partial charge on any atom is -0.489 e. The van der Waals surface area contributed by atoms with Crippen LogP contribution in [0.15, 0.2) is 24.3 Å². The second-order valence-corrected chi connectivity index (χ2v) is 5.62. The van der Waals surface area contributed by atoms with Gasteiger partial charge in [-0.1, -0.05) is 17.7 Å². The van der Waals surface area contributed by atoms with E-state index in [2.05, 4.69) is 10.6 Å². The van der Waals surface area contributed by atoms with Crippen LogP contribution >= 0.6 is 24.0 Å². The van der Waals surface area contributed by atoms with Crippen LogP contribution in [-0.4, -0.2) is 31.1 Å². The molecular formula is C15H22Cl2N2O2. The lowest BCUT2D eigenvalue weighted by atomic mass is 10.1. The van der Waals surface area contributed by atoms with Gasteiger partial charge in [0.1, 0.15) is 11.9 Å². The summed E-state index contributed by atoms with van der Waals surface area (Å²) in [7, 11) is 0. The Hall–Kier alpha value is -0.970.